The van der Waals surface area contributed by atoms with Crippen molar-refractivity contribution in [3.63, 3.8) is 0 Å². The van der Waals surface area contributed by atoms with Crippen LogP contribution in [-0.4, -0.2) is 46.3 Å². The molecule has 0 radical (unpaired) electrons. The molecule has 1 fully saturated rings. The number of aryl methyl sites for hydroxylation is 1. The number of likely N-dealkylation sites (tertiary alicyclic amines) is 1. The maximum Gasteiger partial charge on any atom is 0.152 e. The van der Waals surface area contributed by atoms with Gasteiger partial charge in [-0.1, -0.05) is 19.1 Å². The third-order valence-corrected chi connectivity index (χ3v) is 4.33. The number of halogens is 1. The number of anilines is 1. The predicted octanol–water partition coefficient (Wildman–Crippen LogP) is 2.59. The van der Waals surface area contributed by atoms with Crippen LogP contribution in [0.15, 0.2) is 24.3 Å². The highest BCUT2D eigenvalue weighted by molar-refractivity contribution is 5.46. The van der Waals surface area contributed by atoms with Crippen molar-refractivity contribution in [3.8, 4) is 0 Å². The Kier molecular flexibility index (Phi) is 4.52. The van der Waals surface area contributed by atoms with Gasteiger partial charge in [-0.05, 0) is 44.6 Å². The van der Waals surface area contributed by atoms with Crippen LogP contribution in [0.4, 0.5) is 10.2 Å². The number of benzene rings is 1. The quantitative estimate of drug-likeness (QED) is 0.940. The van der Waals surface area contributed by atoms with Crippen LogP contribution in [0.25, 0.3) is 0 Å². The van der Waals surface area contributed by atoms with E-state index >= 15 is 0 Å². The molecule has 0 saturated carbocycles. The molecule has 2 aromatic rings. The van der Waals surface area contributed by atoms with Gasteiger partial charge in [-0.2, -0.15) is 0 Å². The van der Waals surface area contributed by atoms with Gasteiger partial charge in [0.05, 0.1) is 0 Å². The first-order valence-corrected chi connectivity index (χ1v) is 7.94. The fourth-order valence-corrected chi connectivity index (χ4v) is 2.97. The molecule has 1 aromatic carbocycles. The first kappa shape index (κ1) is 15.8. The molecule has 0 amide bonds. The van der Waals surface area contributed by atoms with E-state index in [1.54, 1.807) is 12.1 Å². The summed E-state index contributed by atoms with van der Waals surface area (Å²) >= 11 is 0. The summed E-state index contributed by atoms with van der Waals surface area (Å²) in [4.78, 5) is 6.84. The van der Waals surface area contributed by atoms with E-state index in [1.807, 2.05) is 13.8 Å². The van der Waals surface area contributed by atoms with E-state index in [9.17, 15) is 4.39 Å². The topological polar surface area (TPSA) is 53.9 Å². The summed E-state index contributed by atoms with van der Waals surface area (Å²) in [6, 6.07) is 6.89. The molecule has 0 spiro atoms. The second-order valence-electron chi connectivity index (χ2n) is 6.26. The lowest BCUT2D eigenvalue weighted by Crippen LogP contribution is -2.25. The highest BCUT2D eigenvalue weighted by atomic mass is 19.1. The molecule has 2 atom stereocenters. The van der Waals surface area contributed by atoms with Gasteiger partial charge in [-0.15, -0.1) is 10.2 Å². The summed E-state index contributed by atoms with van der Waals surface area (Å²) in [7, 11) is 2.12. The molecule has 0 bridgehead atoms. The van der Waals surface area contributed by atoms with E-state index in [0.29, 0.717) is 11.9 Å². The summed E-state index contributed by atoms with van der Waals surface area (Å²) in [6.45, 7) is 5.96. The third-order valence-electron chi connectivity index (χ3n) is 4.33. The number of hydrogen-bond donors (Lipinski definition) is 1. The minimum absolute atomic E-state index is 0.00201. The minimum Gasteiger partial charge on any atom is -0.364 e. The fourth-order valence-electron chi connectivity index (χ4n) is 2.97. The number of nitrogens with zero attached hydrogens (tertiary/aromatic N) is 4. The molecule has 0 aliphatic carbocycles. The van der Waals surface area contributed by atoms with Gasteiger partial charge in [0.25, 0.3) is 0 Å². The lowest BCUT2D eigenvalue weighted by Gasteiger charge is -2.19. The van der Waals surface area contributed by atoms with Gasteiger partial charge in [-0.25, -0.2) is 9.37 Å². The first-order valence-electron chi connectivity index (χ1n) is 7.94. The largest absolute Gasteiger partial charge is 0.364 e. The Morgan fingerprint density at radius 2 is 2.00 bits per heavy atom. The maximum absolute atomic E-state index is 13.1. The molecule has 0 unspecified atom stereocenters. The van der Waals surface area contributed by atoms with Crippen LogP contribution in [-0.2, 0) is 0 Å². The van der Waals surface area contributed by atoms with E-state index < -0.39 is 0 Å². The van der Waals surface area contributed by atoms with E-state index in [1.165, 1.54) is 12.1 Å². The normalized spacial score (nSPS) is 19.7. The van der Waals surface area contributed by atoms with Crippen LogP contribution < -0.4 is 5.32 Å². The van der Waals surface area contributed by atoms with Crippen molar-refractivity contribution in [2.45, 2.75) is 32.2 Å². The molecule has 1 aliphatic heterocycles. The van der Waals surface area contributed by atoms with Crippen molar-refractivity contribution < 1.29 is 4.39 Å². The first-order chi connectivity index (χ1) is 11.0. The zero-order valence-electron chi connectivity index (χ0n) is 13.8. The molecule has 122 valence electrons. The smallest absolute Gasteiger partial charge is 0.152 e. The Bertz CT molecular complexity index is 673. The van der Waals surface area contributed by atoms with Crippen LogP contribution in [0.5, 0.6) is 0 Å². The van der Waals surface area contributed by atoms with Gasteiger partial charge in [0, 0.05) is 18.5 Å². The molecular formula is C17H22FN5. The fraction of sp³-hybridized carbons (Fsp3) is 0.471. The van der Waals surface area contributed by atoms with Crippen LogP contribution >= 0.6 is 0 Å². The summed E-state index contributed by atoms with van der Waals surface area (Å²) in [5.74, 6) is 1.20. The second-order valence-corrected chi connectivity index (χ2v) is 6.26. The van der Waals surface area contributed by atoms with Crippen molar-refractivity contribution >= 4 is 5.82 Å². The SMILES string of the molecule is Cc1nnc([C@H](C)c2ccc(F)cc2)c(N[C@H]2CCN(C)C2)n1. The van der Waals surface area contributed by atoms with Crippen LogP contribution in [0.3, 0.4) is 0 Å². The molecule has 1 aromatic heterocycles. The van der Waals surface area contributed by atoms with Crippen molar-refractivity contribution in [2.24, 2.45) is 0 Å². The molecule has 5 nitrogen and oxygen atoms in total. The van der Waals surface area contributed by atoms with E-state index in [-0.39, 0.29) is 11.7 Å². The van der Waals surface area contributed by atoms with Crippen LogP contribution in [0, 0.1) is 12.7 Å². The number of hydrogen-bond acceptors (Lipinski definition) is 5. The zero-order chi connectivity index (χ0) is 16.4. The second kappa shape index (κ2) is 6.58. The number of likely N-dealkylation sites (N-methyl/N-ethyl adjacent to an activating group) is 1. The Morgan fingerprint density at radius 3 is 2.65 bits per heavy atom. The Balaban J connectivity index is 1.87. The molecule has 6 heteroatoms. The lowest BCUT2D eigenvalue weighted by atomic mass is 9.97. The summed E-state index contributed by atoms with van der Waals surface area (Å²) < 4.78 is 13.1. The lowest BCUT2D eigenvalue weighted by molar-refractivity contribution is 0.414. The average Bonchev–Trinajstić information content (AvgIpc) is 2.93. The molecule has 1 N–H and O–H groups in total. The molecule has 3 rings (SSSR count). The average molecular weight is 315 g/mol. The Morgan fingerprint density at radius 1 is 1.26 bits per heavy atom. The van der Waals surface area contributed by atoms with Crippen LogP contribution in [0.2, 0.25) is 0 Å². The molecular weight excluding hydrogens is 293 g/mol. The summed E-state index contributed by atoms with van der Waals surface area (Å²) in [5, 5.41) is 12.0. The highest BCUT2D eigenvalue weighted by Gasteiger charge is 2.23. The van der Waals surface area contributed by atoms with Gasteiger partial charge in [0.1, 0.15) is 17.3 Å². The summed E-state index contributed by atoms with van der Waals surface area (Å²) in [6.07, 6.45) is 1.09. The number of rotatable bonds is 4. The number of nitrogens with one attached hydrogen (secondary N) is 1. The molecule has 2 heterocycles. The maximum atomic E-state index is 13.1. The third kappa shape index (κ3) is 3.64. The molecule has 1 saturated heterocycles. The van der Waals surface area contributed by atoms with Crippen molar-refractivity contribution in [2.75, 3.05) is 25.5 Å². The minimum atomic E-state index is -0.235. The van der Waals surface area contributed by atoms with E-state index in [2.05, 4.69) is 32.4 Å². The van der Waals surface area contributed by atoms with Crippen molar-refractivity contribution in [3.05, 3.63) is 47.2 Å². The molecule has 23 heavy (non-hydrogen) atoms. The van der Waals surface area contributed by atoms with Gasteiger partial charge < -0.3 is 10.2 Å². The van der Waals surface area contributed by atoms with E-state index in [0.717, 1.165) is 36.6 Å². The van der Waals surface area contributed by atoms with Gasteiger partial charge >= 0.3 is 0 Å². The van der Waals surface area contributed by atoms with Crippen LogP contribution in [0.1, 0.15) is 36.3 Å². The monoisotopic (exact) mass is 315 g/mol. The zero-order valence-corrected chi connectivity index (χ0v) is 13.8. The van der Waals surface area contributed by atoms with Gasteiger partial charge in [0.15, 0.2) is 5.82 Å². The van der Waals surface area contributed by atoms with Crippen molar-refractivity contribution in [1.82, 2.24) is 20.1 Å². The standard InChI is InChI=1S/C17H22FN5/c1-11(13-4-6-14(18)7-5-13)16-17(19-12(2)21-22-16)20-15-8-9-23(3)10-15/h4-7,11,15H,8-10H2,1-3H3,(H,19,20,21)/t11-,15+/m1/s1. The summed E-state index contributed by atoms with van der Waals surface area (Å²) in [5.41, 5.74) is 1.80. The van der Waals surface area contributed by atoms with Gasteiger partial charge in [-0.3, -0.25) is 0 Å². The number of aromatic nitrogens is 3. The predicted molar refractivity (Wildman–Crippen MR) is 88.0 cm³/mol. The highest BCUT2D eigenvalue weighted by Crippen LogP contribution is 2.28. The van der Waals surface area contributed by atoms with E-state index in [4.69, 9.17) is 0 Å². The van der Waals surface area contributed by atoms with Crippen molar-refractivity contribution in [1.29, 1.82) is 0 Å². The Hall–Kier alpha value is -2.08. The van der Waals surface area contributed by atoms with Gasteiger partial charge in [0.2, 0.25) is 0 Å². The Labute approximate surface area is 136 Å². The molecule has 1 aliphatic rings.